The van der Waals surface area contributed by atoms with Gasteiger partial charge in [-0.05, 0) is 31.0 Å². The molecule has 1 aliphatic heterocycles. The third kappa shape index (κ3) is 2.51. The van der Waals surface area contributed by atoms with Gasteiger partial charge in [0.15, 0.2) is 0 Å². The highest BCUT2D eigenvalue weighted by Crippen LogP contribution is 2.29. The van der Waals surface area contributed by atoms with Crippen LogP contribution < -0.4 is 5.73 Å². The Morgan fingerprint density at radius 2 is 2.06 bits per heavy atom. The lowest BCUT2D eigenvalue weighted by molar-refractivity contribution is 0.393. The van der Waals surface area contributed by atoms with Gasteiger partial charge < -0.3 is 5.73 Å². The predicted molar refractivity (Wildman–Crippen MR) is 72.4 cm³/mol. The predicted octanol–water partition coefficient (Wildman–Crippen LogP) is 2.11. The van der Waals surface area contributed by atoms with E-state index >= 15 is 0 Å². The summed E-state index contributed by atoms with van der Waals surface area (Å²) in [5, 5.41) is 0.577. The molecule has 1 aromatic carbocycles. The number of sulfonamides is 1. The molecule has 0 spiro atoms. The van der Waals surface area contributed by atoms with Crippen molar-refractivity contribution in [2.24, 2.45) is 5.73 Å². The maximum Gasteiger partial charge on any atom is 0.243 e. The van der Waals surface area contributed by atoms with Gasteiger partial charge in [-0.3, -0.25) is 0 Å². The van der Waals surface area contributed by atoms with Gasteiger partial charge in [-0.1, -0.05) is 23.2 Å². The van der Waals surface area contributed by atoms with Crippen molar-refractivity contribution in [1.29, 1.82) is 0 Å². The van der Waals surface area contributed by atoms with E-state index in [-0.39, 0.29) is 16.0 Å². The first-order valence-electron chi connectivity index (χ1n) is 5.64. The molecule has 0 saturated carbocycles. The van der Waals surface area contributed by atoms with Crippen LogP contribution in [-0.4, -0.2) is 31.9 Å². The molecule has 0 amide bonds. The molecular formula is C11H14Cl2N2O2S. The van der Waals surface area contributed by atoms with Crippen LogP contribution >= 0.6 is 23.2 Å². The lowest BCUT2D eigenvalue weighted by Crippen LogP contribution is -2.39. The maximum absolute atomic E-state index is 12.4. The molecule has 1 atom stereocenters. The summed E-state index contributed by atoms with van der Waals surface area (Å²) in [4.78, 5) is 0.164. The molecule has 1 aromatic rings. The van der Waals surface area contributed by atoms with Crippen molar-refractivity contribution in [2.45, 2.75) is 23.8 Å². The average molecular weight is 309 g/mol. The Kier molecular flexibility index (Phi) is 4.18. The minimum absolute atomic E-state index is 0.121. The SMILES string of the molecule is NC[C@@H]1CCCN1S(=O)(=O)c1ccc(Cl)c(Cl)c1. The first-order chi connectivity index (χ1) is 8.46. The van der Waals surface area contributed by atoms with Crippen molar-refractivity contribution in [3.63, 3.8) is 0 Å². The zero-order chi connectivity index (χ0) is 13.3. The third-order valence-corrected chi connectivity index (χ3v) is 5.78. The second-order valence-electron chi connectivity index (χ2n) is 4.22. The second kappa shape index (κ2) is 5.35. The molecule has 7 heteroatoms. The lowest BCUT2D eigenvalue weighted by atomic mass is 10.2. The number of nitrogens with zero attached hydrogens (tertiary/aromatic N) is 1. The number of benzene rings is 1. The zero-order valence-corrected chi connectivity index (χ0v) is 12.0. The summed E-state index contributed by atoms with van der Waals surface area (Å²) in [5.41, 5.74) is 5.60. The van der Waals surface area contributed by atoms with Crippen LogP contribution in [0, 0.1) is 0 Å². The fraction of sp³-hybridized carbons (Fsp3) is 0.455. The number of halogens is 2. The van der Waals surface area contributed by atoms with Crippen LogP contribution in [0.15, 0.2) is 23.1 Å². The smallest absolute Gasteiger partial charge is 0.243 e. The van der Waals surface area contributed by atoms with Crippen LogP contribution in [0.3, 0.4) is 0 Å². The van der Waals surface area contributed by atoms with Gasteiger partial charge in [0.05, 0.1) is 14.9 Å². The van der Waals surface area contributed by atoms with Crippen LogP contribution in [-0.2, 0) is 10.0 Å². The van der Waals surface area contributed by atoms with Gasteiger partial charge in [0.25, 0.3) is 0 Å². The first-order valence-corrected chi connectivity index (χ1v) is 7.83. The standard InChI is InChI=1S/C11H14Cl2N2O2S/c12-10-4-3-9(6-11(10)13)18(16,17)15-5-1-2-8(15)7-14/h3-4,6,8H,1-2,5,7,14H2/t8-/m0/s1. The molecule has 0 radical (unpaired) electrons. The molecule has 2 N–H and O–H groups in total. The second-order valence-corrected chi connectivity index (χ2v) is 6.93. The Hall–Kier alpha value is -0.330. The third-order valence-electron chi connectivity index (χ3n) is 3.09. The fourth-order valence-corrected chi connectivity index (χ4v) is 4.23. The van der Waals surface area contributed by atoms with Gasteiger partial charge in [-0.25, -0.2) is 8.42 Å². The minimum atomic E-state index is -3.53. The van der Waals surface area contributed by atoms with Crippen LogP contribution in [0.5, 0.6) is 0 Å². The number of hydrogen-bond donors (Lipinski definition) is 1. The molecule has 0 bridgehead atoms. The number of rotatable bonds is 3. The van der Waals surface area contributed by atoms with Crippen LogP contribution in [0.4, 0.5) is 0 Å². The van der Waals surface area contributed by atoms with E-state index in [9.17, 15) is 8.42 Å². The van der Waals surface area contributed by atoms with Crippen molar-refractivity contribution in [1.82, 2.24) is 4.31 Å². The van der Waals surface area contributed by atoms with E-state index in [1.807, 2.05) is 0 Å². The lowest BCUT2D eigenvalue weighted by Gasteiger charge is -2.22. The van der Waals surface area contributed by atoms with Crippen molar-refractivity contribution in [3.05, 3.63) is 28.2 Å². The van der Waals surface area contributed by atoms with E-state index in [2.05, 4.69) is 0 Å². The van der Waals surface area contributed by atoms with Crippen LogP contribution in [0.25, 0.3) is 0 Å². The van der Waals surface area contributed by atoms with Gasteiger partial charge in [0.1, 0.15) is 0 Å². The van der Waals surface area contributed by atoms with Gasteiger partial charge in [-0.15, -0.1) is 0 Å². The first kappa shape index (κ1) is 14.1. The highest BCUT2D eigenvalue weighted by atomic mass is 35.5. The summed E-state index contributed by atoms with van der Waals surface area (Å²) in [6, 6.07) is 4.22. The Labute approximate surface area is 117 Å². The van der Waals surface area contributed by atoms with E-state index in [1.165, 1.54) is 22.5 Å². The van der Waals surface area contributed by atoms with Crippen LogP contribution in [0.2, 0.25) is 10.0 Å². The van der Waals surface area contributed by atoms with Gasteiger partial charge in [0.2, 0.25) is 10.0 Å². The van der Waals surface area contributed by atoms with Crippen molar-refractivity contribution >= 4 is 33.2 Å². The summed E-state index contributed by atoms with van der Waals surface area (Å²) in [6.45, 7) is 0.838. The number of hydrogen-bond acceptors (Lipinski definition) is 3. The van der Waals surface area contributed by atoms with Gasteiger partial charge in [-0.2, -0.15) is 4.31 Å². The molecule has 1 aliphatic rings. The Morgan fingerprint density at radius 3 is 2.67 bits per heavy atom. The average Bonchev–Trinajstić information content (AvgIpc) is 2.81. The largest absolute Gasteiger partial charge is 0.329 e. The molecule has 0 aliphatic carbocycles. The highest BCUT2D eigenvalue weighted by Gasteiger charge is 2.34. The monoisotopic (exact) mass is 308 g/mol. The van der Waals surface area contributed by atoms with E-state index in [0.29, 0.717) is 18.1 Å². The van der Waals surface area contributed by atoms with Crippen molar-refractivity contribution in [3.8, 4) is 0 Å². The molecule has 1 fully saturated rings. The van der Waals surface area contributed by atoms with E-state index < -0.39 is 10.0 Å². The summed E-state index contributed by atoms with van der Waals surface area (Å²) < 4.78 is 26.3. The molecule has 1 heterocycles. The Bertz CT molecular complexity index is 548. The van der Waals surface area contributed by atoms with E-state index in [4.69, 9.17) is 28.9 Å². The van der Waals surface area contributed by atoms with Crippen molar-refractivity contribution in [2.75, 3.05) is 13.1 Å². The summed E-state index contributed by atoms with van der Waals surface area (Å²) in [5.74, 6) is 0. The molecule has 100 valence electrons. The minimum Gasteiger partial charge on any atom is -0.329 e. The van der Waals surface area contributed by atoms with Gasteiger partial charge >= 0.3 is 0 Å². The molecular weight excluding hydrogens is 295 g/mol. The van der Waals surface area contributed by atoms with Crippen LogP contribution in [0.1, 0.15) is 12.8 Å². The molecule has 1 saturated heterocycles. The zero-order valence-electron chi connectivity index (χ0n) is 9.64. The Morgan fingerprint density at radius 1 is 1.33 bits per heavy atom. The van der Waals surface area contributed by atoms with Gasteiger partial charge in [0, 0.05) is 19.1 Å². The Balaban J connectivity index is 2.38. The van der Waals surface area contributed by atoms with Crippen molar-refractivity contribution < 1.29 is 8.42 Å². The van der Waals surface area contributed by atoms with E-state index in [1.54, 1.807) is 0 Å². The quantitative estimate of drug-likeness (QED) is 0.930. The summed E-state index contributed by atoms with van der Waals surface area (Å²) >= 11 is 11.6. The molecule has 0 aromatic heterocycles. The highest BCUT2D eigenvalue weighted by molar-refractivity contribution is 7.89. The molecule has 0 unspecified atom stereocenters. The molecule has 18 heavy (non-hydrogen) atoms. The normalized spacial score (nSPS) is 21.4. The number of nitrogens with two attached hydrogens (primary N) is 1. The maximum atomic E-state index is 12.4. The topological polar surface area (TPSA) is 63.4 Å². The summed E-state index contributed by atoms with van der Waals surface area (Å²) in [7, 11) is -3.53. The fourth-order valence-electron chi connectivity index (χ4n) is 2.13. The van der Waals surface area contributed by atoms with E-state index in [0.717, 1.165) is 12.8 Å². The summed E-state index contributed by atoms with van der Waals surface area (Å²) in [6.07, 6.45) is 1.64. The molecule has 4 nitrogen and oxygen atoms in total. The molecule has 2 rings (SSSR count).